The standard InChI is InChI=1S/C14H23NO/c15-12-14-9-7-13(8-10-14)6-4-2-1-3-5-11-16/h7-10,16H,1-6,11-12,15H2. The van der Waals surface area contributed by atoms with Gasteiger partial charge in [-0.25, -0.2) is 0 Å². The van der Waals surface area contributed by atoms with Crippen LogP contribution in [0.15, 0.2) is 24.3 Å². The molecule has 0 amide bonds. The maximum atomic E-state index is 8.64. The molecule has 0 heterocycles. The predicted molar refractivity (Wildman–Crippen MR) is 68.2 cm³/mol. The maximum Gasteiger partial charge on any atom is 0.0431 e. The molecule has 0 saturated heterocycles. The highest BCUT2D eigenvalue weighted by molar-refractivity contribution is 5.22. The van der Waals surface area contributed by atoms with Crippen LogP contribution in [0.25, 0.3) is 0 Å². The number of nitrogens with two attached hydrogens (primary N) is 1. The van der Waals surface area contributed by atoms with Gasteiger partial charge in [-0.3, -0.25) is 0 Å². The number of unbranched alkanes of at least 4 members (excludes halogenated alkanes) is 4. The van der Waals surface area contributed by atoms with Crippen LogP contribution in [0.3, 0.4) is 0 Å². The fraction of sp³-hybridized carbons (Fsp3) is 0.571. The Balaban J connectivity index is 2.12. The second kappa shape index (κ2) is 8.31. The van der Waals surface area contributed by atoms with Gasteiger partial charge in [0.2, 0.25) is 0 Å². The third kappa shape index (κ3) is 5.29. The number of rotatable bonds is 8. The molecular weight excluding hydrogens is 198 g/mol. The third-order valence-corrected chi connectivity index (χ3v) is 2.88. The maximum absolute atomic E-state index is 8.64. The molecule has 0 aliphatic carbocycles. The van der Waals surface area contributed by atoms with Crippen LogP contribution in [-0.4, -0.2) is 11.7 Å². The fourth-order valence-corrected chi connectivity index (χ4v) is 1.81. The number of aryl methyl sites for hydroxylation is 1. The zero-order valence-corrected chi connectivity index (χ0v) is 9.99. The van der Waals surface area contributed by atoms with Gasteiger partial charge in [-0.05, 0) is 30.4 Å². The third-order valence-electron chi connectivity index (χ3n) is 2.88. The monoisotopic (exact) mass is 221 g/mol. The van der Waals surface area contributed by atoms with E-state index in [1.165, 1.54) is 30.4 Å². The van der Waals surface area contributed by atoms with Crippen molar-refractivity contribution < 1.29 is 5.11 Å². The first kappa shape index (κ1) is 13.2. The van der Waals surface area contributed by atoms with Gasteiger partial charge < -0.3 is 10.8 Å². The Bertz CT molecular complexity index is 269. The van der Waals surface area contributed by atoms with E-state index in [9.17, 15) is 0 Å². The fourth-order valence-electron chi connectivity index (χ4n) is 1.81. The first-order chi connectivity index (χ1) is 7.86. The van der Waals surface area contributed by atoms with Gasteiger partial charge in [-0.2, -0.15) is 0 Å². The molecule has 1 aromatic carbocycles. The molecule has 1 rings (SSSR count). The Morgan fingerprint density at radius 3 is 2.00 bits per heavy atom. The van der Waals surface area contributed by atoms with Crippen molar-refractivity contribution in [1.82, 2.24) is 0 Å². The summed E-state index contributed by atoms with van der Waals surface area (Å²) in [5.41, 5.74) is 8.15. The number of aliphatic hydroxyl groups is 1. The lowest BCUT2D eigenvalue weighted by Crippen LogP contribution is -1.96. The smallest absolute Gasteiger partial charge is 0.0431 e. The second-order valence-electron chi connectivity index (χ2n) is 4.26. The average molecular weight is 221 g/mol. The molecule has 0 aliphatic heterocycles. The van der Waals surface area contributed by atoms with E-state index in [4.69, 9.17) is 10.8 Å². The van der Waals surface area contributed by atoms with E-state index in [0.29, 0.717) is 13.2 Å². The van der Waals surface area contributed by atoms with Crippen LogP contribution in [-0.2, 0) is 13.0 Å². The van der Waals surface area contributed by atoms with E-state index in [2.05, 4.69) is 24.3 Å². The van der Waals surface area contributed by atoms with Crippen molar-refractivity contribution in [3.05, 3.63) is 35.4 Å². The molecule has 3 N–H and O–H groups in total. The molecule has 0 spiro atoms. The zero-order valence-electron chi connectivity index (χ0n) is 9.99. The minimum Gasteiger partial charge on any atom is -0.396 e. The molecule has 0 fully saturated rings. The quantitative estimate of drug-likeness (QED) is 0.663. The number of benzene rings is 1. The van der Waals surface area contributed by atoms with Gasteiger partial charge in [0.15, 0.2) is 0 Å². The SMILES string of the molecule is NCc1ccc(CCCCCCCO)cc1. The topological polar surface area (TPSA) is 46.2 Å². The summed E-state index contributed by atoms with van der Waals surface area (Å²) in [6.07, 6.45) is 7.01. The average Bonchev–Trinajstić information content (AvgIpc) is 2.34. The summed E-state index contributed by atoms with van der Waals surface area (Å²) in [5.74, 6) is 0. The van der Waals surface area contributed by atoms with Crippen LogP contribution in [0, 0.1) is 0 Å². The van der Waals surface area contributed by atoms with E-state index in [1.807, 2.05) is 0 Å². The van der Waals surface area contributed by atoms with Crippen molar-refractivity contribution in [2.75, 3.05) is 6.61 Å². The van der Waals surface area contributed by atoms with E-state index >= 15 is 0 Å². The summed E-state index contributed by atoms with van der Waals surface area (Å²) in [6, 6.07) is 8.58. The van der Waals surface area contributed by atoms with Crippen molar-refractivity contribution in [3.63, 3.8) is 0 Å². The van der Waals surface area contributed by atoms with Crippen LogP contribution >= 0.6 is 0 Å². The first-order valence-corrected chi connectivity index (χ1v) is 6.25. The van der Waals surface area contributed by atoms with Crippen molar-refractivity contribution in [1.29, 1.82) is 0 Å². The molecule has 90 valence electrons. The minimum atomic E-state index is 0.334. The van der Waals surface area contributed by atoms with E-state index in [0.717, 1.165) is 19.3 Å². The molecule has 0 saturated carbocycles. The Morgan fingerprint density at radius 1 is 0.812 bits per heavy atom. The molecule has 0 radical (unpaired) electrons. The van der Waals surface area contributed by atoms with Crippen LogP contribution in [0.2, 0.25) is 0 Å². The molecule has 2 nitrogen and oxygen atoms in total. The summed E-state index contributed by atoms with van der Waals surface area (Å²) < 4.78 is 0. The lowest BCUT2D eigenvalue weighted by atomic mass is 10.0. The van der Waals surface area contributed by atoms with Gasteiger partial charge in [0, 0.05) is 13.2 Å². The van der Waals surface area contributed by atoms with Gasteiger partial charge in [0.1, 0.15) is 0 Å². The first-order valence-electron chi connectivity index (χ1n) is 6.25. The molecule has 0 bridgehead atoms. The Labute approximate surface area is 98.5 Å². The molecule has 2 heteroatoms. The summed E-state index contributed by atoms with van der Waals surface area (Å²) in [6.45, 7) is 0.960. The second-order valence-corrected chi connectivity index (χ2v) is 4.26. The summed E-state index contributed by atoms with van der Waals surface area (Å²) >= 11 is 0. The lowest BCUT2D eigenvalue weighted by Gasteiger charge is -2.03. The van der Waals surface area contributed by atoms with E-state index in [1.54, 1.807) is 0 Å². The summed E-state index contributed by atoms with van der Waals surface area (Å²) in [7, 11) is 0. The molecule has 0 aliphatic rings. The van der Waals surface area contributed by atoms with Gasteiger partial charge in [0.05, 0.1) is 0 Å². The normalized spacial score (nSPS) is 10.6. The molecule has 1 aromatic rings. The van der Waals surface area contributed by atoms with E-state index < -0.39 is 0 Å². The number of hydrogen-bond donors (Lipinski definition) is 2. The van der Waals surface area contributed by atoms with Crippen LogP contribution < -0.4 is 5.73 Å². The van der Waals surface area contributed by atoms with Crippen molar-refractivity contribution in [2.45, 2.75) is 45.1 Å². The van der Waals surface area contributed by atoms with E-state index in [-0.39, 0.29) is 0 Å². The molecule has 16 heavy (non-hydrogen) atoms. The van der Waals surface area contributed by atoms with Crippen molar-refractivity contribution in [3.8, 4) is 0 Å². The predicted octanol–water partition coefficient (Wildman–Crippen LogP) is 2.63. The van der Waals surface area contributed by atoms with Crippen LogP contribution in [0.5, 0.6) is 0 Å². The Hall–Kier alpha value is -0.860. The molecule has 0 aromatic heterocycles. The summed E-state index contributed by atoms with van der Waals surface area (Å²) in [4.78, 5) is 0. The van der Waals surface area contributed by atoms with Gasteiger partial charge >= 0.3 is 0 Å². The van der Waals surface area contributed by atoms with Gasteiger partial charge in [-0.15, -0.1) is 0 Å². The zero-order chi connectivity index (χ0) is 11.6. The molecule has 0 atom stereocenters. The minimum absolute atomic E-state index is 0.334. The highest BCUT2D eigenvalue weighted by atomic mass is 16.2. The van der Waals surface area contributed by atoms with Crippen LogP contribution in [0.4, 0.5) is 0 Å². The molecule has 0 unspecified atom stereocenters. The molecular formula is C14H23NO. The lowest BCUT2D eigenvalue weighted by molar-refractivity contribution is 0.282. The highest BCUT2D eigenvalue weighted by Crippen LogP contribution is 2.10. The van der Waals surface area contributed by atoms with Gasteiger partial charge in [-0.1, -0.05) is 43.5 Å². The largest absolute Gasteiger partial charge is 0.396 e. The summed E-state index contributed by atoms with van der Waals surface area (Å²) in [5, 5.41) is 8.64. The van der Waals surface area contributed by atoms with Crippen LogP contribution in [0.1, 0.15) is 43.2 Å². The Kier molecular flexibility index (Phi) is 6.86. The van der Waals surface area contributed by atoms with Gasteiger partial charge in [0.25, 0.3) is 0 Å². The van der Waals surface area contributed by atoms with Crippen molar-refractivity contribution >= 4 is 0 Å². The van der Waals surface area contributed by atoms with Crippen molar-refractivity contribution in [2.24, 2.45) is 5.73 Å². The highest BCUT2D eigenvalue weighted by Gasteiger charge is 1.94. The Morgan fingerprint density at radius 2 is 1.38 bits per heavy atom. The number of hydrogen-bond acceptors (Lipinski definition) is 2. The number of aliphatic hydroxyl groups excluding tert-OH is 1.